The van der Waals surface area contributed by atoms with E-state index >= 15 is 0 Å². The molecule has 2 nitrogen and oxygen atoms in total. The summed E-state index contributed by atoms with van der Waals surface area (Å²) in [5, 5.41) is 1.05. The lowest BCUT2D eigenvalue weighted by Crippen LogP contribution is -2.02. The van der Waals surface area contributed by atoms with E-state index in [1.54, 1.807) is 12.1 Å². The van der Waals surface area contributed by atoms with Gasteiger partial charge in [0.15, 0.2) is 5.76 Å². The van der Waals surface area contributed by atoms with Crippen molar-refractivity contribution in [2.45, 2.75) is 0 Å². The van der Waals surface area contributed by atoms with Crippen LogP contribution < -0.4 is 0 Å². The van der Waals surface area contributed by atoms with Gasteiger partial charge in [0.25, 0.3) is 0 Å². The van der Waals surface area contributed by atoms with E-state index in [2.05, 4.69) is 0 Å². The molecule has 0 aliphatic rings. The van der Waals surface area contributed by atoms with Gasteiger partial charge in [0.2, 0.25) is 5.78 Å². The Morgan fingerprint density at radius 1 is 1.11 bits per heavy atom. The Hall–Kier alpha value is -2.13. The van der Waals surface area contributed by atoms with Crippen molar-refractivity contribution in [3.05, 3.63) is 70.7 Å². The maximum atomic E-state index is 13.7. The first-order chi connectivity index (χ1) is 9.15. The van der Waals surface area contributed by atoms with Crippen molar-refractivity contribution >= 4 is 28.4 Å². The van der Waals surface area contributed by atoms with Gasteiger partial charge in [-0.15, -0.1) is 0 Å². The van der Waals surface area contributed by atoms with E-state index in [0.717, 1.165) is 11.5 Å². The number of hydrogen-bond acceptors (Lipinski definition) is 2. The third-order valence-corrected chi connectivity index (χ3v) is 3.06. The SMILES string of the molecule is O=C(c1cc2ccccc2o1)c1ccc(Cl)cc1F. The third kappa shape index (κ3) is 2.13. The number of fused-ring (bicyclic) bond motifs is 1. The van der Waals surface area contributed by atoms with E-state index in [1.165, 1.54) is 12.1 Å². The molecule has 0 unspecified atom stereocenters. The predicted octanol–water partition coefficient (Wildman–Crippen LogP) is 4.46. The molecule has 0 N–H and O–H groups in total. The summed E-state index contributed by atoms with van der Waals surface area (Å²) < 4.78 is 19.1. The molecule has 0 saturated carbocycles. The number of carbonyl (C=O) groups is 1. The van der Waals surface area contributed by atoms with E-state index in [4.69, 9.17) is 16.0 Å². The van der Waals surface area contributed by atoms with Gasteiger partial charge in [-0.2, -0.15) is 0 Å². The maximum Gasteiger partial charge on any atom is 0.231 e. The summed E-state index contributed by atoms with van der Waals surface area (Å²) in [7, 11) is 0. The molecule has 19 heavy (non-hydrogen) atoms. The van der Waals surface area contributed by atoms with E-state index in [0.29, 0.717) is 5.58 Å². The molecule has 1 heterocycles. The van der Waals surface area contributed by atoms with Gasteiger partial charge in [0.05, 0.1) is 5.56 Å². The minimum atomic E-state index is -0.655. The fourth-order valence-corrected chi connectivity index (χ4v) is 2.06. The van der Waals surface area contributed by atoms with Gasteiger partial charge >= 0.3 is 0 Å². The molecule has 0 atom stereocenters. The van der Waals surface area contributed by atoms with Crippen molar-refractivity contribution in [3.63, 3.8) is 0 Å². The molecular weight excluding hydrogens is 267 g/mol. The number of para-hydroxylation sites is 1. The van der Waals surface area contributed by atoms with Crippen LogP contribution in [0.1, 0.15) is 16.1 Å². The van der Waals surface area contributed by atoms with Gasteiger partial charge < -0.3 is 4.42 Å². The average Bonchev–Trinajstić information content (AvgIpc) is 2.81. The van der Waals surface area contributed by atoms with Gasteiger partial charge in [-0.05, 0) is 30.3 Å². The number of furan rings is 1. The first kappa shape index (κ1) is 11.9. The van der Waals surface area contributed by atoms with Crippen molar-refractivity contribution in [1.82, 2.24) is 0 Å². The van der Waals surface area contributed by atoms with Crippen molar-refractivity contribution in [1.29, 1.82) is 0 Å². The number of ketones is 1. The first-order valence-corrected chi connectivity index (χ1v) is 6.01. The summed E-state index contributed by atoms with van der Waals surface area (Å²) in [6.07, 6.45) is 0. The molecule has 0 bridgehead atoms. The number of carbonyl (C=O) groups excluding carboxylic acids is 1. The molecule has 3 aromatic rings. The molecule has 0 saturated heterocycles. The minimum Gasteiger partial charge on any atom is -0.453 e. The highest BCUT2D eigenvalue weighted by molar-refractivity contribution is 6.30. The fraction of sp³-hybridized carbons (Fsp3) is 0. The lowest BCUT2D eigenvalue weighted by Gasteiger charge is -2.00. The van der Waals surface area contributed by atoms with Crippen LogP contribution in [0.15, 0.2) is 52.9 Å². The number of rotatable bonds is 2. The van der Waals surface area contributed by atoms with Crippen LogP contribution in [0.2, 0.25) is 5.02 Å². The molecule has 4 heteroatoms. The maximum absolute atomic E-state index is 13.7. The number of halogens is 2. The monoisotopic (exact) mass is 274 g/mol. The van der Waals surface area contributed by atoms with E-state index in [9.17, 15) is 9.18 Å². The zero-order valence-corrected chi connectivity index (χ0v) is 10.4. The summed E-state index contributed by atoms with van der Waals surface area (Å²) in [4.78, 5) is 12.2. The Labute approximate surface area is 113 Å². The van der Waals surface area contributed by atoms with Crippen LogP contribution in [-0.4, -0.2) is 5.78 Å². The van der Waals surface area contributed by atoms with Crippen LogP contribution in [0.3, 0.4) is 0 Å². The second-order valence-electron chi connectivity index (χ2n) is 4.10. The summed E-state index contributed by atoms with van der Waals surface area (Å²) in [5.74, 6) is -1.04. The van der Waals surface area contributed by atoms with E-state index in [1.807, 2.05) is 18.2 Å². The van der Waals surface area contributed by atoms with Gasteiger partial charge in [0.1, 0.15) is 11.4 Å². The van der Waals surface area contributed by atoms with Crippen LogP contribution in [0, 0.1) is 5.82 Å². The van der Waals surface area contributed by atoms with Gasteiger partial charge in [-0.1, -0.05) is 29.8 Å². The summed E-state index contributed by atoms with van der Waals surface area (Å²) >= 11 is 5.66. The second-order valence-corrected chi connectivity index (χ2v) is 4.54. The second kappa shape index (κ2) is 4.52. The quantitative estimate of drug-likeness (QED) is 0.646. The summed E-state index contributed by atoms with van der Waals surface area (Å²) in [6.45, 7) is 0. The number of hydrogen-bond donors (Lipinski definition) is 0. The first-order valence-electron chi connectivity index (χ1n) is 5.63. The van der Waals surface area contributed by atoms with Crippen LogP contribution in [0.5, 0.6) is 0 Å². The molecule has 3 rings (SSSR count). The molecule has 0 amide bonds. The Morgan fingerprint density at radius 2 is 1.89 bits per heavy atom. The molecule has 1 aromatic heterocycles. The minimum absolute atomic E-state index is 0.0524. The number of benzene rings is 2. The Balaban J connectivity index is 2.08. The van der Waals surface area contributed by atoms with Gasteiger partial charge in [-0.3, -0.25) is 4.79 Å². The fourth-order valence-electron chi connectivity index (χ4n) is 1.90. The molecule has 0 spiro atoms. The van der Waals surface area contributed by atoms with E-state index < -0.39 is 11.6 Å². The third-order valence-electron chi connectivity index (χ3n) is 2.83. The van der Waals surface area contributed by atoms with Crippen LogP contribution in [-0.2, 0) is 0 Å². The summed E-state index contributed by atoms with van der Waals surface area (Å²) in [5.41, 5.74) is 0.545. The highest BCUT2D eigenvalue weighted by atomic mass is 35.5. The molecule has 0 fully saturated rings. The molecule has 0 radical (unpaired) electrons. The van der Waals surface area contributed by atoms with Crippen molar-refractivity contribution in [2.24, 2.45) is 0 Å². The Morgan fingerprint density at radius 3 is 2.63 bits per heavy atom. The Bertz CT molecular complexity index is 744. The highest BCUT2D eigenvalue weighted by Crippen LogP contribution is 2.23. The molecule has 94 valence electrons. The molecule has 0 aliphatic carbocycles. The Kier molecular flexibility index (Phi) is 2.84. The zero-order chi connectivity index (χ0) is 13.4. The van der Waals surface area contributed by atoms with Gasteiger partial charge in [-0.25, -0.2) is 4.39 Å². The lowest BCUT2D eigenvalue weighted by molar-refractivity contribution is 0.101. The van der Waals surface area contributed by atoms with Crippen LogP contribution >= 0.6 is 11.6 Å². The highest BCUT2D eigenvalue weighted by Gasteiger charge is 2.18. The molecule has 0 aliphatic heterocycles. The smallest absolute Gasteiger partial charge is 0.231 e. The normalized spacial score (nSPS) is 10.8. The molecule has 2 aromatic carbocycles. The van der Waals surface area contributed by atoms with Crippen LogP contribution in [0.25, 0.3) is 11.0 Å². The average molecular weight is 275 g/mol. The predicted molar refractivity (Wildman–Crippen MR) is 71.1 cm³/mol. The van der Waals surface area contributed by atoms with Crippen molar-refractivity contribution in [2.75, 3.05) is 0 Å². The topological polar surface area (TPSA) is 30.2 Å². The zero-order valence-electron chi connectivity index (χ0n) is 9.69. The van der Waals surface area contributed by atoms with E-state index in [-0.39, 0.29) is 16.3 Å². The van der Waals surface area contributed by atoms with Gasteiger partial charge in [0, 0.05) is 10.4 Å². The lowest BCUT2D eigenvalue weighted by atomic mass is 10.1. The molecular formula is C15H8ClFO2. The largest absolute Gasteiger partial charge is 0.453 e. The summed E-state index contributed by atoms with van der Waals surface area (Å²) in [6, 6.07) is 12.8. The van der Waals surface area contributed by atoms with Crippen molar-refractivity contribution < 1.29 is 13.6 Å². The van der Waals surface area contributed by atoms with Crippen molar-refractivity contribution in [3.8, 4) is 0 Å². The standard InChI is InChI=1S/C15H8ClFO2/c16-10-5-6-11(12(17)8-10)15(18)14-7-9-3-1-2-4-13(9)19-14/h1-8H. The van der Waals surface area contributed by atoms with Crippen LogP contribution in [0.4, 0.5) is 4.39 Å².